The highest BCUT2D eigenvalue weighted by Gasteiger charge is 2.29. The van der Waals surface area contributed by atoms with Gasteiger partial charge in [-0.15, -0.1) is 0 Å². The molecule has 0 bridgehead atoms. The minimum absolute atomic E-state index is 0.0439. The summed E-state index contributed by atoms with van der Waals surface area (Å²) < 4.78 is 0. The van der Waals surface area contributed by atoms with Crippen LogP contribution in [0.15, 0.2) is 36.4 Å². The smallest absolute Gasteiger partial charge is 0.249 e. The van der Waals surface area contributed by atoms with Crippen molar-refractivity contribution in [2.75, 3.05) is 10.6 Å². The van der Waals surface area contributed by atoms with Gasteiger partial charge in [-0.2, -0.15) is 0 Å². The summed E-state index contributed by atoms with van der Waals surface area (Å²) >= 11 is 0. The molecule has 3 nitrogen and oxygen atoms in total. The molecule has 0 spiro atoms. The molecule has 3 heteroatoms. The zero-order chi connectivity index (χ0) is 17.2. The van der Waals surface area contributed by atoms with Crippen molar-refractivity contribution >= 4 is 17.3 Å². The van der Waals surface area contributed by atoms with Crippen molar-refractivity contribution in [3.05, 3.63) is 58.7 Å². The van der Waals surface area contributed by atoms with Gasteiger partial charge in [0, 0.05) is 11.4 Å². The van der Waals surface area contributed by atoms with E-state index in [2.05, 4.69) is 36.6 Å². The summed E-state index contributed by atoms with van der Waals surface area (Å²) in [6.45, 7) is 11.9. The van der Waals surface area contributed by atoms with Crippen molar-refractivity contribution in [2.45, 2.75) is 47.1 Å². The standard InChI is InChI=1S/C20H26N2O/c1-13-9-7-10-14(2)17(13)21-19(23)20(5,6)22-18-15(3)11-8-12-16(18)4/h7-12,22H,1-6H3,(H,21,23). The van der Waals surface area contributed by atoms with Gasteiger partial charge in [-0.05, 0) is 63.8 Å². The maximum Gasteiger partial charge on any atom is 0.249 e. The molecule has 0 unspecified atom stereocenters. The van der Waals surface area contributed by atoms with Crippen LogP contribution in [0.4, 0.5) is 11.4 Å². The number of para-hydroxylation sites is 2. The summed E-state index contributed by atoms with van der Waals surface area (Å²) in [7, 11) is 0. The summed E-state index contributed by atoms with van der Waals surface area (Å²) in [5, 5.41) is 6.48. The van der Waals surface area contributed by atoms with Crippen LogP contribution >= 0.6 is 0 Å². The zero-order valence-corrected chi connectivity index (χ0v) is 14.9. The normalized spacial score (nSPS) is 11.2. The van der Waals surface area contributed by atoms with Crippen molar-refractivity contribution < 1.29 is 4.79 Å². The molecule has 0 fully saturated rings. The highest BCUT2D eigenvalue weighted by Crippen LogP contribution is 2.26. The average Bonchev–Trinajstić information content (AvgIpc) is 2.47. The number of benzene rings is 2. The molecule has 2 rings (SSSR count). The van der Waals surface area contributed by atoms with Gasteiger partial charge in [0.15, 0.2) is 0 Å². The highest BCUT2D eigenvalue weighted by molar-refractivity contribution is 6.00. The minimum atomic E-state index is -0.717. The molecule has 122 valence electrons. The van der Waals surface area contributed by atoms with Gasteiger partial charge in [-0.1, -0.05) is 36.4 Å². The first-order valence-electron chi connectivity index (χ1n) is 7.94. The molecule has 2 N–H and O–H groups in total. The predicted octanol–water partition coefficient (Wildman–Crippen LogP) is 4.75. The third kappa shape index (κ3) is 3.73. The molecule has 0 heterocycles. The molecule has 0 saturated carbocycles. The summed E-state index contributed by atoms with van der Waals surface area (Å²) in [5.74, 6) is -0.0439. The van der Waals surface area contributed by atoms with E-state index in [1.807, 2.05) is 52.0 Å². The van der Waals surface area contributed by atoms with Crippen LogP contribution in [0, 0.1) is 27.7 Å². The van der Waals surface area contributed by atoms with Crippen LogP contribution in [0.2, 0.25) is 0 Å². The molecule has 1 amide bonds. The number of carbonyl (C=O) groups is 1. The van der Waals surface area contributed by atoms with Crippen LogP contribution in [-0.2, 0) is 4.79 Å². The van der Waals surface area contributed by atoms with Crippen LogP contribution in [0.5, 0.6) is 0 Å². The monoisotopic (exact) mass is 310 g/mol. The predicted molar refractivity (Wildman–Crippen MR) is 98.2 cm³/mol. The highest BCUT2D eigenvalue weighted by atomic mass is 16.2. The lowest BCUT2D eigenvalue weighted by Gasteiger charge is -2.29. The minimum Gasteiger partial charge on any atom is -0.371 e. The Morgan fingerprint density at radius 3 is 1.61 bits per heavy atom. The van der Waals surface area contributed by atoms with Crippen molar-refractivity contribution in [1.29, 1.82) is 0 Å². The average molecular weight is 310 g/mol. The summed E-state index contributed by atoms with van der Waals surface area (Å²) in [4.78, 5) is 12.8. The van der Waals surface area contributed by atoms with Gasteiger partial charge in [0.25, 0.3) is 0 Å². The fraction of sp³-hybridized carbons (Fsp3) is 0.350. The van der Waals surface area contributed by atoms with E-state index in [9.17, 15) is 4.79 Å². The molecular weight excluding hydrogens is 284 g/mol. The summed E-state index contributed by atoms with van der Waals surface area (Å²) in [5.41, 5.74) is 5.62. The first-order chi connectivity index (χ1) is 10.7. The first-order valence-corrected chi connectivity index (χ1v) is 7.94. The van der Waals surface area contributed by atoms with Crippen molar-refractivity contribution in [3.8, 4) is 0 Å². The molecule has 23 heavy (non-hydrogen) atoms. The van der Waals surface area contributed by atoms with Crippen molar-refractivity contribution in [1.82, 2.24) is 0 Å². The van der Waals surface area contributed by atoms with Crippen LogP contribution in [0.25, 0.3) is 0 Å². The largest absolute Gasteiger partial charge is 0.371 e. The van der Waals surface area contributed by atoms with Gasteiger partial charge in [0.1, 0.15) is 5.54 Å². The second-order valence-corrected chi connectivity index (χ2v) is 6.74. The lowest BCUT2D eigenvalue weighted by atomic mass is 10.00. The van der Waals surface area contributed by atoms with Gasteiger partial charge >= 0.3 is 0 Å². The van der Waals surface area contributed by atoms with Crippen LogP contribution in [0.3, 0.4) is 0 Å². The van der Waals surface area contributed by atoms with Gasteiger partial charge in [0.2, 0.25) is 5.91 Å². The van der Waals surface area contributed by atoms with Crippen molar-refractivity contribution in [3.63, 3.8) is 0 Å². The maximum atomic E-state index is 12.8. The number of nitrogens with one attached hydrogen (secondary N) is 2. The van der Waals surface area contributed by atoms with Crippen molar-refractivity contribution in [2.24, 2.45) is 0 Å². The van der Waals surface area contributed by atoms with Gasteiger partial charge in [-0.25, -0.2) is 0 Å². The molecule has 0 saturated heterocycles. The molecular formula is C20H26N2O. The fourth-order valence-corrected chi connectivity index (χ4v) is 2.66. The van der Waals surface area contributed by atoms with E-state index in [1.165, 1.54) is 0 Å². The van der Waals surface area contributed by atoms with Crippen LogP contribution in [-0.4, -0.2) is 11.4 Å². The third-order valence-corrected chi connectivity index (χ3v) is 4.21. The van der Waals surface area contributed by atoms with Gasteiger partial charge in [-0.3, -0.25) is 4.79 Å². The van der Waals surface area contributed by atoms with E-state index < -0.39 is 5.54 Å². The van der Waals surface area contributed by atoms with Crippen LogP contribution < -0.4 is 10.6 Å². The van der Waals surface area contributed by atoms with E-state index in [0.717, 1.165) is 33.6 Å². The Bertz CT molecular complexity index is 692. The molecule has 0 aliphatic heterocycles. The Hall–Kier alpha value is -2.29. The molecule has 2 aromatic rings. The molecule has 2 aromatic carbocycles. The Morgan fingerprint density at radius 2 is 1.17 bits per heavy atom. The fourth-order valence-electron chi connectivity index (χ4n) is 2.66. The number of rotatable bonds is 4. The quantitative estimate of drug-likeness (QED) is 0.855. The number of hydrogen-bond donors (Lipinski definition) is 2. The lowest BCUT2D eigenvalue weighted by molar-refractivity contribution is -0.119. The Balaban J connectivity index is 2.24. The Morgan fingerprint density at radius 1 is 0.783 bits per heavy atom. The van der Waals surface area contributed by atoms with Gasteiger partial charge in [0.05, 0.1) is 0 Å². The number of hydrogen-bond acceptors (Lipinski definition) is 2. The maximum absolute atomic E-state index is 12.8. The number of anilines is 2. The topological polar surface area (TPSA) is 41.1 Å². The van der Waals surface area contributed by atoms with E-state index >= 15 is 0 Å². The molecule has 0 radical (unpaired) electrons. The van der Waals surface area contributed by atoms with Gasteiger partial charge < -0.3 is 10.6 Å². The molecule has 0 aromatic heterocycles. The number of aryl methyl sites for hydroxylation is 4. The Kier molecular flexibility index (Phi) is 4.79. The SMILES string of the molecule is Cc1cccc(C)c1NC(=O)C(C)(C)Nc1c(C)cccc1C. The van der Waals surface area contributed by atoms with E-state index in [1.54, 1.807) is 0 Å². The molecule has 0 aliphatic rings. The summed E-state index contributed by atoms with van der Waals surface area (Å²) in [6, 6.07) is 12.1. The zero-order valence-electron chi connectivity index (χ0n) is 14.9. The first kappa shape index (κ1) is 17.1. The van der Waals surface area contributed by atoms with Crippen LogP contribution in [0.1, 0.15) is 36.1 Å². The second kappa shape index (κ2) is 6.45. The van der Waals surface area contributed by atoms with E-state index in [0.29, 0.717) is 0 Å². The number of amides is 1. The third-order valence-electron chi connectivity index (χ3n) is 4.21. The molecule has 0 atom stereocenters. The number of carbonyl (C=O) groups excluding carboxylic acids is 1. The van der Waals surface area contributed by atoms with E-state index in [4.69, 9.17) is 0 Å². The van der Waals surface area contributed by atoms with E-state index in [-0.39, 0.29) is 5.91 Å². The second-order valence-electron chi connectivity index (χ2n) is 6.74. The Labute approximate surface area is 139 Å². The lowest BCUT2D eigenvalue weighted by Crippen LogP contribution is -2.44. The molecule has 0 aliphatic carbocycles. The summed E-state index contributed by atoms with van der Waals surface area (Å²) in [6.07, 6.45) is 0.